The summed E-state index contributed by atoms with van der Waals surface area (Å²) in [6.07, 6.45) is 0.708. The summed E-state index contributed by atoms with van der Waals surface area (Å²) >= 11 is 0. The van der Waals surface area contributed by atoms with Crippen molar-refractivity contribution in [2.75, 3.05) is 5.01 Å². The van der Waals surface area contributed by atoms with Crippen LogP contribution in [0.15, 0.2) is 35.4 Å². The molecule has 0 atom stereocenters. The molecule has 4 heteroatoms. The van der Waals surface area contributed by atoms with Crippen molar-refractivity contribution >= 4 is 23.6 Å². The molecule has 1 heterocycles. The maximum Gasteiger partial charge on any atom is 0.253 e. The fraction of sp³-hybridized carbons (Fsp3) is 0.100. The Morgan fingerprint density at radius 3 is 2.57 bits per heavy atom. The van der Waals surface area contributed by atoms with Crippen molar-refractivity contribution in [3.63, 3.8) is 0 Å². The molecule has 0 saturated heterocycles. The van der Waals surface area contributed by atoms with E-state index in [2.05, 4.69) is 5.10 Å². The summed E-state index contributed by atoms with van der Waals surface area (Å²) < 4.78 is 0. The zero-order chi connectivity index (χ0) is 9.97. The predicted octanol–water partition coefficient (Wildman–Crippen LogP) is 0.978. The van der Waals surface area contributed by atoms with Crippen LogP contribution >= 0.6 is 0 Å². The van der Waals surface area contributed by atoms with E-state index < -0.39 is 0 Å². The number of hydrogen-bond donors (Lipinski definition) is 0. The van der Waals surface area contributed by atoms with Crippen LogP contribution in [0.1, 0.15) is 6.42 Å². The van der Waals surface area contributed by atoms with Crippen molar-refractivity contribution in [1.29, 1.82) is 0 Å². The van der Waals surface area contributed by atoms with Crippen molar-refractivity contribution in [1.82, 2.24) is 0 Å². The Kier molecular flexibility index (Phi) is 2.10. The summed E-state index contributed by atoms with van der Waals surface area (Å²) in [7, 11) is 0. The van der Waals surface area contributed by atoms with Crippen LogP contribution in [0.25, 0.3) is 0 Å². The van der Waals surface area contributed by atoms with Crippen LogP contribution in [0.3, 0.4) is 0 Å². The van der Waals surface area contributed by atoms with E-state index in [1.165, 1.54) is 5.01 Å². The van der Waals surface area contributed by atoms with E-state index in [-0.39, 0.29) is 18.0 Å². The maximum atomic E-state index is 11.4. The van der Waals surface area contributed by atoms with Gasteiger partial charge in [-0.3, -0.25) is 9.59 Å². The third-order valence-corrected chi connectivity index (χ3v) is 1.93. The first-order chi connectivity index (χ1) is 6.81. The Balaban J connectivity index is 2.32. The molecule has 0 spiro atoms. The van der Waals surface area contributed by atoms with Crippen LogP contribution in [-0.2, 0) is 9.59 Å². The minimum Gasteiger partial charge on any atom is -0.296 e. The highest BCUT2D eigenvalue weighted by atomic mass is 16.2. The molecule has 0 aromatic heterocycles. The van der Waals surface area contributed by atoms with Crippen LogP contribution in [0.4, 0.5) is 5.69 Å². The van der Waals surface area contributed by atoms with E-state index in [4.69, 9.17) is 0 Å². The van der Waals surface area contributed by atoms with Gasteiger partial charge in [0.1, 0.15) is 5.71 Å². The Morgan fingerprint density at radius 1 is 1.29 bits per heavy atom. The molecule has 0 aliphatic carbocycles. The number of hydrazone groups is 1. The standard InChI is InChI=1S/C10H8N2O2/c13-7-8-6-10(14)12(11-8)9-4-2-1-3-5-9/h1-5,7H,6H2. The number of benzene rings is 1. The molecule has 0 bridgehead atoms. The van der Waals surface area contributed by atoms with Crippen molar-refractivity contribution in [2.45, 2.75) is 6.42 Å². The zero-order valence-corrected chi connectivity index (χ0v) is 7.38. The molecule has 0 saturated carbocycles. The van der Waals surface area contributed by atoms with Crippen molar-refractivity contribution in [3.05, 3.63) is 30.3 Å². The SMILES string of the molecule is O=CC1=NN(c2ccccc2)C(=O)C1. The lowest BCUT2D eigenvalue weighted by Crippen LogP contribution is -2.19. The number of amides is 1. The van der Waals surface area contributed by atoms with Gasteiger partial charge in [0, 0.05) is 0 Å². The van der Waals surface area contributed by atoms with Crippen molar-refractivity contribution in [2.24, 2.45) is 5.10 Å². The average molecular weight is 188 g/mol. The van der Waals surface area contributed by atoms with Gasteiger partial charge in [0.05, 0.1) is 12.1 Å². The van der Waals surface area contributed by atoms with Gasteiger partial charge in [-0.15, -0.1) is 0 Å². The normalized spacial score (nSPS) is 15.6. The molecular weight excluding hydrogens is 180 g/mol. The van der Waals surface area contributed by atoms with Gasteiger partial charge in [-0.25, -0.2) is 5.01 Å². The van der Waals surface area contributed by atoms with Crippen LogP contribution in [0.5, 0.6) is 0 Å². The number of hydrogen-bond acceptors (Lipinski definition) is 3. The second-order valence-electron chi connectivity index (χ2n) is 2.93. The second-order valence-corrected chi connectivity index (χ2v) is 2.93. The first-order valence-electron chi connectivity index (χ1n) is 4.22. The van der Waals surface area contributed by atoms with Gasteiger partial charge in [0.2, 0.25) is 0 Å². The minimum absolute atomic E-state index is 0.0956. The number of nitrogens with zero attached hydrogens (tertiary/aromatic N) is 2. The summed E-state index contributed by atoms with van der Waals surface area (Å²) in [5.74, 6) is -0.168. The zero-order valence-electron chi connectivity index (χ0n) is 7.38. The van der Waals surface area contributed by atoms with E-state index >= 15 is 0 Å². The number of rotatable bonds is 2. The fourth-order valence-electron chi connectivity index (χ4n) is 1.29. The highest BCUT2D eigenvalue weighted by Crippen LogP contribution is 2.18. The molecular formula is C10H8N2O2. The first kappa shape index (κ1) is 8.62. The molecule has 0 unspecified atom stereocenters. The number of carbonyl (C=O) groups excluding carboxylic acids is 2. The highest BCUT2D eigenvalue weighted by molar-refractivity contribution is 6.36. The van der Waals surface area contributed by atoms with Crippen LogP contribution in [0, 0.1) is 0 Å². The molecule has 0 N–H and O–H groups in total. The second kappa shape index (κ2) is 3.41. The molecule has 1 aromatic rings. The van der Waals surface area contributed by atoms with E-state index in [9.17, 15) is 9.59 Å². The number of carbonyl (C=O) groups is 2. The van der Waals surface area contributed by atoms with Crippen LogP contribution in [-0.4, -0.2) is 17.9 Å². The number of aldehydes is 1. The van der Waals surface area contributed by atoms with Gasteiger partial charge >= 0.3 is 0 Å². The monoisotopic (exact) mass is 188 g/mol. The summed E-state index contributed by atoms with van der Waals surface area (Å²) in [5.41, 5.74) is 0.966. The lowest BCUT2D eigenvalue weighted by molar-refractivity contribution is -0.117. The van der Waals surface area contributed by atoms with Crippen molar-refractivity contribution < 1.29 is 9.59 Å². The first-order valence-corrected chi connectivity index (χ1v) is 4.22. The number of para-hydroxylation sites is 1. The Labute approximate surface area is 80.8 Å². The average Bonchev–Trinajstić information content (AvgIpc) is 2.61. The molecule has 0 fully saturated rings. The molecule has 70 valence electrons. The summed E-state index contributed by atoms with van der Waals surface area (Å²) in [5, 5.41) is 5.14. The lowest BCUT2D eigenvalue weighted by atomic mass is 10.3. The van der Waals surface area contributed by atoms with Gasteiger partial charge in [0.15, 0.2) is 6.29 Å². The third kappa shape index (κ3) is 1.42. The summed E-state index contributed by atoms with van der Waals surface area (Å²) in [4.78, 5) is 21.8. The number of anilines is 1. The van der Waals surface area contributed by atoms with Crippen LogP contribution < -0.4 is 5.01 Å². The highest BCUT2D eigenvalue weighted by Gasteiger charge is 2.24. The Bertz CT molecular complexity index is 398. The molecule has 1 amide bonds. The third-order valence-electron chi connectivity index (χ3n) is 1.93. The topological polar surface area (TPSA) is 49.7 Å². The Hall–Kier alpha value is -1.97. The molecule has 0 radical (unpaired) electrons. The van der Waals surface area contributed by atoms with E-state index in [1.807, 2.05) is 18.2 Å². The van der Waals surface area contributed by atoms with Gasteiger partial charge in [-0.05, 0) is 12.1 Å². The summed E-state index contributed by atoms with van der Waals surface area (Å²) in [6, 6.07) is 9.03. The largest absolute Gasteiger partial charge is 0.296 e. The Morgan fingerprint density at radius 2 is 2.00 bits per heavy atom. The van der Waals surface area contributed by atoms with Crippen LogP contribution in [0.2, 0.25) is 0 Å². The van der Waals surface area contributed by atoms with Gasteiger partial charge in [-0.1, -0.05) is 18.2 Å². The smallest absolute Gasteiger partial charge is 0.253 e. The minimum atomic E-state index is -0.168. The molecule has 1 aliphatic heterocycles. The molecule has 1 aliphatic rings. The molecule has 14 heavy (non-hydrogen) atoms. The van der Waals surface area contributed by atoms with E-state index in [1.54, 1.807) is 12.1 Å². The maximum absolute atomic E-state index is 11.4. The predicted molar refractivity (Wildman–Crippen MR) is 52.0 cm³/mol. The van der Waals surface area contributed by atoms with E-state index in [0.29, 0.717) is 12.0 Å². The fourth-order valence-corrected chi connectivity index (χ4v) is 1.29. The summed E-state index contributed by atoms with van der Waals surface area (Å²) in [6.45, 7) is 0. The van der Waals surface area contributed by atoms with Crippen molar-refractivity contribution in [3.8, 4) is 0 Å². The molecule has 4 nitrogen and oxygen atoms in total. The van der Waals surface area contributed by atoms with Gasteiger partial charge in [0.25, 0.3) is 5.91 Å². The quantitative estimate of drug-likeness (QED) is 0.649. The molecule has 1 aromatic carbocycles. The lowest BCUT2D eigenvalue weighted by Gasteiger charge is -2.10. The van der Waals surface area contributed by atoms with E-state index in [0.717, 1.165) is 0 Å². The molecule has 2 rings (SSSR count). The van der Waals surface area contributed by atoms with Gasteiger partial charge in [-0.2, -0.15) is 5.10 Å². The van der Waals surface area contributed by atoms with Gasteiger partial charge < -0.3 is 0 Å².